The molecule has 4 heteroatoms. The van der Waals surface area contributed by atoms with Gasteiger partial charge in [-0.25, -0.2) is 0 Å². The lowest BCUT2D eigenvalue weighted by Crippen LogP contribution is -2.45. The molecule has 0 saturated carbocycles. The minimum absolute atomic E-state index is 0.0459. The van der Waals surface area contributed by atoms with Crippen molar-refractivity contribution in [3.63, 3.8) is 0 Å². The smallest absolute Gasteiger partial charge is 0.234 e. The molecule has 1 rings (SSSR count). The van der Waals surface area contributed by atoms with E-state index >= 15 is 0 Å². The molecule has 1 atom stereocenters. The molecule has 86 valence electrons. The lowest BCUT2D eigenvalue weighted by atomic mass is 10.1. The third kappa shape index (κ3) is 4.44. The molecule has 0 aromatic rings. The van der Waals surface area contributed by atoms with E-state index in [4.69, 9.17) is 5.73 Å². The largest absolute Gasteiger partial charge is 0.349 e. The van der Waals surface area contributed by atoms with Crippen molar-refractivity contribution in [2.75, 3.05) is 19.6 Å². The van der Waals surface area contributed by atoms with Gasteiger partial charge in [-0.2, -0.15) is 0 Å². The third-order valence-corrected chi connectivity index (χ3v) is 2.74. The fourth-order valence-electron chi connectivity index (χ4n) is 1.67. The Morgan fingerprint density at radius 3 is 2.80 bits per heavy atom. The Kier molecular flexibility index (Phi) is 4.78. The summed E-state index contributed by atoms with van der Waals surface area (Å²) in [6.45, 7) is 7.87. The summed E-state index contributed by atoms with van der Waals surface area (Å²) in [5, 5.41) is 2.86. The molecule has 0 aromatic heterocycles. The maximum atomic E-state index is 11.5. The van der Waals surface area contributed by atoms with Crippen LogP contribution in [-0.2, 0) is 4.79 Å². The lowest BCUT2D eigenvalue weighted by Gasteiger charge is -2.29. The molecule has 0 bridgehead atoms. The van der Waals surface area contributed by atoms with Crippen molar-refractivity contribution in [2.45, 2.75) is 31.8 Å². The first-order valence-electron chi connectivity index (χ1n) is 5.51. The second-order valence-electron chi connectivity index (χ2n) is 4.21. The Bertz CT molecular complexity index is 222. The van der Waals surface area contributed by atoms with Crippen molar-refractivity contribution in [3.05, 3.63) is 12.7 Å². The summed E-state index contributed by atoms with van der Waals surface area (Å²) in [6.07, 6.45) is 3.71. The van der Waals surface area contributed by atoms with E-state index in [0.717, 1.165) is 25.9 Å². The van der Waals surface area contributed by atoms with Gasteiger partial charge in [0.1, 0.15) is 0 Å². The number of likely N-dealkylation sites (tertiary alicyclic amines) is 1. The first-order chi connectivity index (χ1) is 7.11. The van der Waals surface area contributed by atoms with Crippen LogP contribution in [-0.4, -0.2) is 42.5 Å². The van der Waals surface area contributed by atoms with Crippen LogP contribution in [0.15, 0.2) is 12.7 Å². The third-order valence-electron chi connectivity index (χ3n) is 2.74. The van der Waals surface area contributed by atoms with Gasteiger partial charge < -0.3 is 11.1 Å². The Balaban J connectivity index is 2.23. The normalized spacial score (nSPS) is 20.9. The number of rotatable bonds is 4. The molecule has 0 aromatic carbocycles. The zero-order chi connectivity index (χ0) is 11.3. The number of carbonyl (C=O) groups is 1. The molecular formula is C11H21N3O. The predicted molar refractivity (Wildman–Crippen MR) is 61.5 cm³/mol. The minimum atomic E-state index is 0.0459. The van der Waals surface area contributed by atoms with Gasteiger partial charge in [-0.3, -0.25) is 9.69 Å². The van der Waals surface area contributed by atoms with Gasteiger partial charge in [-0.1, -0.05) is 6.08 Å². The van der Waals surface area contributed by atoms with Crippen LogP contribution in [0.25, 0.3) is 0 Å². The van der Waals surface area contributed by atoms with E-state index in [1.54, 1.807) is 6.08 Å². The van der Waals surface area contributed by atoms with E-state index < -0.39 is 0 Å². The maximum absolute atomic E-state index is 11.5. The Morgan fingerprint density at radius 1 is 1.67 bits per heavy atom. The van der Waals surface area contributed by atoms with Crippen molar-refractivity contribution in [3.8, 4) is 0 Å². The summed E-state index contributed by atoms with van der Waals surface area (Å²) < 4.78 is 0. The van der Waals surface area contributed by atoms with E-state index in [2.05, 4.69) is 16.8 Å². The number of hydrogen-bond donors (Lipinski definition) is 2. The zero-order valence-electron chi connectivity index (χ0n) is 9.41. The number of hydrogen-bond acceptors (Lipinski definition) is 3. The standard InChI is InChI=1S/C11H21N3O/c1-3-9(2)13-11(15)8-14-6-4-10(12)5-7-14/h3,9-10H,1,4-8,12H2,2H3,(H,13,15). The fraction of sp³-hybridized carbons (Fsp3) is 0.727. The Labute approximate surface area is 91.5 Å². The summed E-state index contributed by atoms with van der Waals surface area (Å²) in [6, 6.07) is 0.362. The zero-order valence-corrected chi connectivity index (χ0v) is 9.41. The number of nitrogens with one attached hydrogen (secondary N) is 1. The van der Waals surface area contributed by atoms with E-state index in [-0.39, 0.29) is 11.9 Å². The van der Waals surface area contributed by atoms with Crippen LogP contribution >= 0.6 is 0 Å². The summed E-state index contributed by atoms with van der Waals surface area (Å²) in [4.78, 5) is 13.7. The van der Waals surface area contributed by atoms with Gasteiger partial charge in [-0.05, 0) is 19.8 Å². The number of nitrogens with zero attached hydrogens (tertiary/aromatic N) is 1. The molecule has 3 N–H and O–H groups in total. The average molecular weight is 211 g/mol. The highest BCUT2D eigenvalue weighted by Crippen LogP contribution is 2.07. The first-order valence-corrected chi connectivity index (χ1v) is 5.51. The van der Waals surface area contributed by atoms with Gasteiger partial charge in [0.25, 0.3) is 0 Å². The molecule has 1 saturated heterocycles. The molecule has 1 aliphatic rings. The van der Waals surface area contributed by atoms with Crippen molar-refractivity contribution in [1.29, 1.82) is 0 Å². The molecule has 1 fully saturated rings. The van der Waals surface area contributed by atoms with Crippen LogP contribution in [0.1, 0.15) is 19.8 Å². The van der Waals surface area contributed by atoms with Gasteiger partial charge in [0.15, 0.2) is 0 Å². The van der Waals surface area contributed by atoms with Gasteiger partial charge >= 0.3 is 0 Å². The van der Waals surface area contributed by atoms with E-state index in [9.17, 15) is 4.79 Å². The van der Waals surface area contributed by atoms with Crippen molar-refractivity contribution < 1.29 is 4.79 Å². The van der Waals surface area contributed by atoms with Crippen LogP contribution in [0.4, 0.5) is 0 Å². The van der Waals surface area contributed by atoms with E-state index in [1.807, 2.05) is 6.92 Å². The summed E-state index contributed by atoms with van der Waals surface area (Å²) >= 11 is 0. The molecule has 0 radical (unpaired) electrons. The SMILES string of the molecule is C=CC(C)NC(=O)CN1CCC(N)CC1. The highest BCUT2D eigenvalue weighted by molar-refractivity contribution is 5.78. The van der Waals surface area contributed by atoms with Crippen molar-refractivity contribution >= 4 is 5.91 Å². The van der Waals surface area contributed by atoms with Crippen LogP contribution < -0.4 is 11.1 Å². The van der Waals surface area contributed by atoms with Gasteiger partial charge in [0.2, 0.25) is 5.91 Å². The first kappa shape index (κ1) is 12.2. The molecule has 0 spiro atoms. The average Bonchev–Trinajstić information content (AvgIpc) is 2.21. The highest BCUT2D eigenvalue weighted by Gasteiger charge is 2.18. The molecule has 4 nitrogen and oxygen atoms in total. The second kappa shape index (κ2) is 5.88. The second-order valence-corrected chi connectivity index (χ2v) is 4.21. The van der Waals surface area contributed by atoms with E-state index in [0.29, 0.717) is 12.6 Å². The van der Waals surface area contributed by atoms with E-state index in [1.165, 1.54) is 0 Å². The highest BCUT2D eigenvalue weighted by atomic mass is 16.2. The number of carbonyl (C=O) groups excluding carboxylic acids is 1. The molecular weight excluding hydrogens is 190 g/mol. The maximum Gasteiger partial charge on any atom is 0.234 e. The Hall–Kier alpha value is -0.870. The van der Waals surface area contributed by atoms with Crippen LogP contribution in [0.3, 0.4) is 0 Å². The molecule has 1 amide bonds. The summed E-state index contributed by atoms with van der Waals surface area (Å²) in [5.74, 6) is 0.0675. The van der Waals surface area contributed by atoms with Crippen molar-refractivity contribution in [2.24, 2.45) is 5.73 Å². The Morgan fingerprint density at radius 2 is 2.27 bits per heavy atom. The number of nitrogens with two attached hydrogens (primary N) is 1. The van der Waals surface area contributed by atoms with Gasteiger partial charge in [0, 0.05) is 25.2 Å². The monoisotopic (exact) mass is 211 g/mol. The summed E-state index contributed by atoms with van der Waals surface area (Å²) in [5.41, 5.74) is 5.79. The quantitative estimate of drug-likeness (QED) is 0.648. The van der Waals surface area contributed by atoms with Gasteiger partial charge in [-0.15, -0.1) is 6.58 Å². The molecule has 15 heavy (non-hydrogen) atoms. The fourth-order valence-corrected chi connectivity index (χ4v) is 1.67. The summed E-state index contributed by atoms with van der Waals surface area (Å²) in [7, 11) is 0. The van der Waals surface area contributed by atoms with Crippen LogP contribution in [0.2, 0.25) is 0 Å². The molecule has 1 unspecified atom stereocenters. The number of piperidine rings is 1. The van der Waals surface area contributed by atoms with Gasteiger partial charge in [0.05, 0.1) is 6.54 Å². The van der Waals surface area contributed by atoms with Crippen LogP contribution in [0, 0.1) is 0 Å². The predicted octanol–water partition coefficient (Wildman–Crippen LogP) is 0.100. The molecule has 0 aliphatic carbocycles. The molecule has 1 aliphatic heterocycles. The minimum Gasteiger partial charge on any atom is -0.349 e. The lowest BCUT2D eigenvalue weighted by molar-refractivity contribution is -0.122. The molecule has 1 heterocycles. The topological polar surface area (TPSA) is 58.4 Å². The van der Waals surface area contributed by atoms with Crippen molar-refractivity contribution in [1.82, 2.24) is 10.2 Å². The number of amides is 1. The van der Waals surface area contributed by atoms with Crippen LogP contribution in [0.5, 0.6) is 0 Å².